The molecular weight excluding hydrogens is 256 g/mol. The lowest BCUT2D eigenvalue weighted by atomic mass is 9.89. The predicted molar refractivity (Wildman–Crippen MR) is 75.4 cm³/mol. The number of carbonyl (C=O) groups excluding carboxylic acids is 1. The first-order chi connectivity index (χ1) is 9.58. The minimum atomic E-state index is -0.196. The first kappa shape index (κ1) is 14.8. The van der Waals surface area contributed by atoms with Gasteiger partial charge in [0.1, 0.15) is 12.7 Å². The standard InChI is InChI=1S/C15H22N2O3/c1-10(2)15(18)19-9-11-4-5-14(17-8-11)20-13-6-12(7-13)16-3/h4-5,8,10,12-13,16H,6-7,9H2,1-3H3/t12-,13-. The van der Waals surface area contributed by atoms with Crippen LogP contribution in [0.5, 0.6) is 5.88 Å². The molecule has 1 saturated carbocycles. The number of rotatable bonds is 6. The third kappa shape index (κ3) is 3.93. The van der Waals surface area contributed by atoms with Gasteiger partial charge in [0.2, 0.25) is 5.88 Å². The van der Waals surface area contributed by atoms with E-state index in [0.717, 1.165) is 18.4 Å². The van der Waals surface area contributed by atoms with Gasteiger partial charge in [0.15, 0.2) is 0 Å². The van der Waals surface area contributed by atoms with Gasteiger partial charge in [-0.1, -0.05) is 13.8 Å². The molecule has 1 heterocycles. The molecule has 0 aromatic carbocycles. The molecule has 5 nitrogen and oxygen atoms in total. The highest BCUT2D eigenvalue weighted by molar-refractivity contribution is 5.71. The largest absolute Gasteiger partial charge is 0.474 e. The monoisotopic (exact) mass is 278 g/mol. The van der Waals surface area contributed by atoms with Gasteiger partial charge in [-0.3, -0.25) is 4.79 Å². The van der Waals surface area contributed by atoms with Crippen molar-refractivity contribution in [1.29, 1.82) is 0 Å². The molecule has 1 aromatic heterocycles. The highest BCUT2D eigenvalue weighted by atomic mass is 16.5. The van der Waals surface area contributed by atoms with Crippen molar-refractivity contribution in [2.45, 2.75) is 45.4 Å². The first-order valence-corrected chi connectivity index (χ1v) is 7.04. The summed E-state index contributed by atoms with van der Waals surface area (Å²) < 4.78 is 10.9. The van der Waals surface area contributed by atoms with Crippen molar-refractivity contribution in [1.82, 2.24) is 10.3 Å². The molecule has 0 saturated heterocycles. The van der Waals surface area contributed by atoms with Gasteiger partial charge in [0, 0.05) is 23.9 Å². The zero-order valence-corrected chi connectivity index (χ0v) is 12.3. The minimum absolute atomic E-state index is 0.107. The van der Waals surface area contributed by atoms with Gasteiger partial charge in [-0.25, -0.2) is 4.98 Å². The molecule has 0 amide bonds. The fourth-order valence-corrected chi connectivity index (χ4v) is 1.96. The van der Waals surface area contributed by atoms with Crippen molar-refractivity contribution < 1.29 is 14.3 Å². The van der Waals surface area contributed by atoms with Crippen LogP contribution >= 0.6 is 0 Å². The average molecular weight is 278 g/mol. The molecular formula is C15H22N2O3. The van der Waals surface area contributed by atoms with Crippen molar-refractivity contribution in [2.24, 2.45) is 5.92 Å². The number of carbonyl (C=O) groups is 1. The number of esters is 1. The van der Waals surface area contributed by atoms with Crippen LogP contribution in [0.25, 0.3) is 0 Å². The lowest BCUT2D eigenvalue weighted by molar-refractivity contribution is -0.148. The lowest BCUT2D eigenvalue weighted by Crippen LogP contribution is -2.45. The average Bonchev–Trinajstić information content (AvgIpc) is 2.40. The molecule has 0 atom stereocenters. The van der Waals surface area contributed by atoms with E-state index in [2.05, 4.69) is 10.3 Å². The Hall–Kier alpha value is -1.62. The van der Waals surface area contributed by atoms with E-state index < -0.39 is 0 Å². The van der Waals surface area contributed by atoms with Gasteiger partial charge in [0.05, 0.1) is 5.92 Å². The predicted octanol–water partition coefficient (Wildman–Crippen LogP) is 1.91. The highest BCUT2D eigenvalue weighted by Gasteiger charge is 2.29. The summed E-state index contributed by atoms with van der Waals surface area (Å²) in [6, 6.07) is 4.27. The van der Waals surface area contributed by atoms with Gasteiger partial charge in [-0.2, -0.15) is 0 Å². The zero-order valence-electron chi connectivity index (χ0n) is 12.3. The Kier molecular flexibility index (Phi) is 4.95. The molecule has 1 aromatic rings. The SMILES string of the molecule is CN[C@H]1C[C@H](Oc2ccc(COC(=O)C(C)C)cn2)C1. The molecule has 1 fully saturated rings. The molecule has 1 N–H and O–H groups in total. The van der Waals surface area contributed by atoms with Crippen LogP contribution in [0.3, 0.4) is 0 Å². The highest BCUT2D eigenvalue weighted by Crippen LogP contribution is 2.24. The van der Waals surface area contributed by atoms with Gasteiger partial charge in [-0.05, 0) is 26.0 Å². The third-order valence-electron chi connectivity index (χ3n) is 3.44. The topological polar surface area (TPSA) is 60.5 Å². The molecule has 20 heavy (non-hydrogen) atoms. The van der Waals surface area contributed by atoms with Gasteiger partial charge in [0.25, 0.3) is 0 Å². The Labute approximate surface area is 119 Å². The molecule has 2 rings (SSSR count). The smallest absolute Gasteiger partial charge is 0.308 e. The number of pyridine rings is 1. The Morgan fingerprint density at radius 3 is 2.75 bits per heavy atom. The van der Waals surface area contributed by atoms with E-state index in [9.17, 15) is 4.79 Å². The van der Waals surface area contributed by atoms with Crippen molar-refractivity contribution in [3.05, 3.63) is 23.9 Å². The number of hydrogen-bond donors (Lipinski definition) is 1. The van der Waals surface area contributed by atoms with Crippen molar-refractivity contribution >= 4 is 5.97 Å². The normalized spacial score (nSPS) is 21.4. The van der Waals surface area contributed by atoms with Crippen LogP contribution in [-0.4, -0.2) is 30.1 Å². The second-order valence-electron chi connectivity index (χ2n) is 5.46. The number of hydrogen-bond acceptors (Lipinski definition) is 5. The second kappa shape index (κ2) is 6.70. The second-order valence-corrected chi connectivity index (χ2v) is 5.46. The lowest BCUT2D eigenvalue weighted by Gasteiger charge is -2.34. The number of ether oxygens (including phenoxy) is 2. The van der Waals surface area contributed by atoms with Crippen molar-refractivity contribution in [3.63, 3.8) is 0 Å². The molecule has 0 aliphatic heterocycles. The van der Waals surface area contributed by atoms with E-state index in [-0.39, 0.29) is 24.6 Å². The van der Waals surface area contributed by atoms with E-state index in [1.54, 1.807) is 6.20 Å². The summed E-state index contributed by atoms with van der Waals surface area (Å²) >= 11 is 0. The summed E-state index contributed by atoms with van der Waals surface area (Å²) in [5, 5.41) is 3.21. The molecule has 0 spiro atoms. The number of nitrogens with one attached hydrogen (secondary N) is 1. The summed E-state index contributed by atoms with van der Waals surface area (Å²) in [7, 11) is 1.96. The van der Waals surface area contributed by atoms with E-state index in [1.807, 2.05) is 33.0 Å². The fraction of sp³-hybridized carbons (Fsp3) is 0.600. The third-order valence-corrected chi connectivity index (χ3v) is 3.44. The summed E-state index contributed by atoms with van der Waals surface area (Å²) in [5.74, 6) is 0.325. The summed E-state index contributed by atoms with van der Waals surface area (Å²) in [6.45, 7) is 3.89. The van der Waals surface area contributed by atoms with Crippen LogP contribution in [0.15, 0.2) is 18.3 Å². The van der Waals surface area contributed by atoms with Crippen LogP contribution in [0.1, 0.15) is 32.3 Å². The fourth-order valence-electron chi connectivity index (χ4n) is 1.96. The molecule has 110 valence electrons. The maximum Gasteiger partial charge on any atom is 0.308 e. The Balaban J connectivity index is 1.77. The number of nitrogens with zero attached hydrogens (tertiary/aromatic N) is 1. The van der Waals surface area contributed by atoms with E-state index in [0.29, 0.717) is 11.9 Å². The van der Waals surface area contributed by atoms with Gasteiger partial charge >= 0.3 is 5.97 Å². The molecule has 1 aliphatic rings. The minimum Gasteiger partial charge on any atom is -0.474 e. The Morgan fingerprint density at radius 1 is 1.45 bits per heavy atom. The molecule has 0 unspecified atom stereocenters. The van der Waals surface area contributed by atoms with Crippen LogP contribution in [-0.2, 0) is 16.1 Å². The van der Waals surface area contributed by atoms with Gasteiger partial charge < -0.3 is 14.8 Å². The van der Waals surface area contributed by atoms with E-state index in [4.69, 9.17) is 9.47 Å². The van der Waals surface area contributed by atoms with E-state index >= 15 is 0 Å². The van der Waals surface area contributed by atoms with Crippen molar-refractivity contribution in [3.8, 4) is 5.88 Å². The maximum absolute atomic E-state index is 11.4. The van der Waals surface area contributed by atoms with Crippen LogP contribution in [0.2, 0.25) is 0 Å². The number of aromatic nitrogens is 1. The summed E-state index contributed by atoms with van der Waals surface area (Å²) in [6.07, 6.45) is 3.99. The molecule has 5 heteroatoms. The summed E-state index contributed by atoms with van der Waals surface area (Å²) in [4.78, 5) is 15.6. The zero-order chi connectivity index (χ0) is 14.5. The summed E-state index contributed by atoms with van der Waals surface area (Å²) in [5.41, 5.74) is 0.869. The van der Waals surface area contributed by atoms with Gasteiger partial charge in [-0.15, -0.1) is 0 Å². The quantitative estimate of drug-likeness (QED) is 0.805. The van der Waals surface area contributed by atoms with Crippen LogP contribution in [0, 0.1) is 5.92 Å². The first-order valence-electron chi connectivity index (χ1n) is 7.04. The van der Waals surface area contributed by atoms with E-state index in [1.165, 1.54) is 0 Å². The van der Waals surface area contributed by atoms with Crippen molar-refractivity contribution in [2.75, 3.05) is 7.05 Å². The molecule has 0 radical (unpaired) electrons. The van der Waals surface area contributed by atoms with Crippen LogP contribution < -0.4 is 10.1 Å². The molecule has 1 aliphatic carbocycles. The Morgan fingerprint density at radius 2 is 2.20 bits per heavy atom. The Bertz CT molecular complexity index is 439. The molecule has 0 bridgehead atoms. The maximum atomic E-state index is 11.4. The van der Waals surface area contributed by atoms with Crippen LogP contribution in [0.4, 0.5) is 0 Å².